The maximum Gasteiger partial charge on any atom is 0.416 e. The molecule has 4 rings (SSSR count). The fourth-order valence-electron chi connectivity index (χ4n) is 3.37. The topological polar surface area (TPSA) is 64.0 Å². The second-order valence-corrected chi connectivity index (χ2v) is 8.91. The second kappa shape index (κ2) is 7.73. The van der Waals surface area contributed by atoms with E-state index >= 15 is 0 Å². The van der Waals surface area contributed by atoms with E-state index in [0.29, 0.717) is 29.2 Å². The largest absolute Gasteiger partial charge is 0.416 e. The molecular formula is C22H18F3N3O2S. The van der Waals surface area contributed by atoms with Crippen LogP contribution in [-0.4, -0.2) is 24.2 Å². The molecule has 3 aromatic carbocycles. The van der Waals surface area contributed by atoms with Crippen LogP contribution in [0.5, 0.6) is 0 Å². The third kappa shape index (κ3) is 4.72. The molecule has 0 aliphatic rings. The van der Waals surface area contributed by atoms with Gasteiger partial charge in [0.2, 0.25) is 10.0 Å². The fourth-order valence-corrected chi connectivity index (χ4v) is 3.93. The lowest BCUT2D eigenvalue weighted by atomic mass is 10.1. The van der Waals surface area contributed by atoms with Gasteiger partial charge in [-0.1, -0.05) is 36.4 Å². The van der Waals surface area contributed by atoms with E-state index in [-0.39, 0.29) is 0 Å². The molecule has 0 spiro atoms. The molecule has 1 heterocycles. The van der Waals surface area contributed by atoms with Crippen LogP contribution in [0.15, 0.2) is 72.8 Å². The molecule has 1 N–H and O–H groups in total. The average molecular weight is 445 g/mol. The van der Waals surface area contributed by atoms with E-state index < -0.39 is 21.8 Å². The minimum absolute atomic E-state index is 0.303. The van der Waals surface area contributed by atoms with Gasteiger partial charge in [-0.2, -0.15) is 13.2 Å². The summed E-state index contributed by atoms with van der Waals surface area (Å²) in [5, 5.41) is 0. The lowest BCUT2D eigenvalue weighted by Crippen LogP contribution is -2.09. The Bertz CT molecular complexity index is 1340. The molecule has 0 unspecified atom stereocenters. The number of nitrogens with zero attached hydrogens (tertiary/aromatic N) is 2. The highest BCUT2D eigenvalue weighted by Crippen LogP contribution is 2.31. The molecule has 4 aromatic rings. The summed E-state index contributed by atoms with van der Waals surface area (Å²) >= 11 is 0. The Labute approximate surface area is 177 Å². The molecular weight excluding hydrogens is 427 g/mol. The summed E-state index contributed by atoms with van der Waals surface area (Å²) in [6, 6.07) is 19.3. The van der Waals surface area contributed by atoms with Crippen molar-refractivity contribution in [1.82, 2.24) is 9.55 Å². The van der Waals surface area contributed by atoms with E-state index in [0.717, 1.165) is 29.4 Å². The molecule has 0 fully saturated rings. The van der Waals surface area contributed by atoms with Crippen LogP contribution in [0.3, 0.4) is 0 Å². The third-order valence-electron chi connectivity index (χ3n) is 4.70. The monoisotopic (exact) mass is 445 g/mol. The van der Waals surface area contributed by atoms with Gasteiger partial charge in [0, 0.05) is 17.8 Å². The Balaban J connectivity index is 1.78. The van der Waals surface area contributed by atoms with E-state index in [9.17, 15) is 21.6 Å². The highest BCUT2D eigenvalue weighted by atomic mass is 32.2. The van der Waals surface area contributed by atoms with E-state index in [1.165, 1.54) is 12.1 Å². The second-order valence-electron chi connectivity index (χ2n) is 7.16. The van der Waals surface area contributed by atoms with Crippen molar-refractivity contribution >= 4 is 26.7 Å². The van der Waals surface area contributed by atoms with E-state index in [4.69, 9.17) is 0 Å². The van der Waals surface area contributed by atoms with Gasteiger partial charge in [-0.25, -0.2) is 13.4 Å². The van der Waals surface area contributed by atoms with E-state index in [1.807, 2.05) is 28.8 Å². The molecule has 0 aliphatic carbocycles. The number of sulfonamides is 1. The molecule has 1 aromatic heterocycles. The van der Waals surface area contributed by atoms with Crippen molar-refractivity contribution in [2.45, 2.75) is 12.7 Å². The molecule has 5 nitrogen and oxygen atoms in total. The van der Waals surface area contributed by atoms with Crippen LogP contribution in [0.25, 0.3) is 22.4 Å². The van der Waals surface area contributed by atoms with Crippen molar-refractivity contribution in [2.24, 2.45) is 0 Å². The van der Waals surface area contributed by atoms with Crippen molar-refractivity contribution in [3.8, 4) is 11.4 Å². The van der Waals surface area contributed by atoms with Crippen LogP contribution in [0.1, 0.15) is 11.1 Å². The number of halogens is 3. The first-order valence-electron chi connectivity index (χ1n) is 9.30. The van der Waals surface area contributed by atoms with Gasteiger partial charge in [-0.15, -0.1) is 0 Å². The van der Waals surface area contributed by atoms with Crippen molar-refractivity contribution in [1.29, 1.82) is 0 Å². The van der Waals surface area contributed by atoms with Gasteiger partial charge in [0.1, 0.15) is 5.82 Å². The number of fused-ring (bicyclic) bond motifs is 1. The molecule has 0 bridgehead atoms. The summed E-state index contributed by atoms with van der Waals surface area (Å²) in [5.74, 6) is 0.582. The molecule has 0 saturated heterocycles. The zero-order chi connectivity index (χ0) is 22.2. The lowest BCUT2D eigenvalue weighted by Gasteiger charge is -2.12. The number of aromatic nitrogens is 2. The normalized spacial score (nSPS) is 12.3. The number of hydrogen-bond donors (Lipinski definition) is 1. The Morgan fingerprint density at radius 2 is 1.68 bits per heavy atom. The molecule has 0 radical (unpaired) electrons. The highest BCUT2D eigenvalue weighted by molar-refractivity contribution is 7.92. The van der Waals surface area contributed by atoms with Gasteiger partial charge in [0.15, 0.2) is 0 Å². The molecule has 9 heteroatoms. The molecule has 160 valence electrons. The Morgan fingerprint density at radius 1 is 0.968 bits per heavy atom. The van der Waals surface area contributed by atoms with Crippen LogP contribution in [0.2, 0.25) is 0 Å². The van der Waals surface area contributed by atoms with Gasteiger partial charge in [0.25, 0.3) is 0 Å². The first kappa shape index (κ1) is 20.9. The fraction of sp³-hybridized carbons (Fsp3) is 0.136. The predicted octanol–water partition coefficient (Wildman–Crippen LogP) is 5.14. The molecule has 0 amide bonds. The average Bonchev–Trinajstić information content (AvgIpc) is 3.05. The molecule has 31 heavy (non-hydrogen) atoms. The molecule has 0 atom stereocenters. The summed E-state index contributed by atoms with van der Waals surface area (Å²) in [5.41, 5.74) is 2.60. The highest BCUT2D eigenvalue weighted by Gasteiger charge is 2.30. The van der Waals surface area contributed by atoms with Crippen LogP contribution in [0.4, 0.5) is 18.9 Å². The third-order valence-corrected chi connectivity index (χ3v) is 5.31. The van der Waals surface area contributed by atoms with Crippen LogP contribution in [-0.2, 0) is 22.7 Å². The maximum atomic E-state index is 12.9. The number of alkyl halides is 3. The first-order chi connectivity index (χ1) is 14.6. The summed E-state index contributed by atoms with van der Waals surface area (Å²) in [4.78, 5) is 4.68. The number of hydrogen-bond acceptors (Lipinski definition) is 3. The minimum atomic E-state index is -4.39. The molecule has 0 saturated carbocycles. The van der Waals surface area contributed by atoms with Crippen molar-refractivity contribution < 1.29 is 21.6 Å². The van der Waals surface area contributed by atoms with Gasteiger partial charge in [0.05, 0.1) is 22.9 Å². The Kier molecular flexibility index (Phi) is 5.22. The Morgan fingerprint density at radius 3 is 2.35 bits per heavy atom. The van der Waals surface area contributed by atoms with Crippen LogP contribution < -0.4 is 4.72 Å². The number of para-hydroxylation sites is 2. The predicted molar refractivity (Wildman–Crippen MR) is 114 cm³/mol. The van der Waals surface area contributed by atoms with Gasteiger partial charge in [-0.05, 0) is 42.0 Å². The van der Waals surface area contributed by atoms with Gasteiger partial charge < -0.3 is 4.57 Å². The van der Waals surface area contributed by atoms with Crippen molar-refractivity contribution in [3.63, 3.8) is 0 Å². The standard InChI is InChI=1S/C22H18F3N3O2S/c1-31(29,30)27-18-6-4-5-16(13-18)21-26-19-7-2-3-8-20(19)28(21)14-15-9-11-17(12-10-15)22(23,24)25/h2-13,27H,14H2,1H3. The summed E-state index contributed by atoms with van der Waals surface area (Å²) in [6.45, 7) is 0.303. The SMILES string of the molecule is CS(=O)(=O)Nc1cccc(-c2nc3ccccc3n2Cc2ccc(C(F)(F)F)cc2)c1. The maximum absolute atomic E-state index is 12.9. The van der Waals surface area contributed by atoms with Gasteiger partial charge in [-0.3, -0.25) is 4.72 Å². The zero-order valence-corrected chi connectivity index (χ0v) is 17.2. The van der Waals surface area contributed by atoms with Crippen LogP contribution >= 0.6 is 0 Å². The minimum Gasteiger partial charge on any atom is -0.319 e. The van der Waals surface area contributed by atoms with E-state index in [2.05, 4.69) is 9.71 Å². The summed E-state index contributed by atoms with van der Waals surface area (Å²) in [6.07, 6.45) is -3.32. The molecule has 0 aliphatic heterocycles. The zero-order valence-electron chi connectivity index (χ0n) is 16.4. The Hall–Kier alpha value is -3.33. The van der Waals surface area contributed by atoms with Crippen molar-refractivity contribution in [3.05, 3.63) is 83.9 Å². The number of nitrogens with one attached hydrogen (secondary N) is 1. The van der Waals surface area contributed by atoms with Crippen LogP contribution in [0, 0.1) is 0 Å². The number of benzene rings is 3. The summed E-state index contributed by atoms with van der Waals surface area (Å²) < 4.78 is 66.2. The smallest absolute Gasteiger partial charge is 0.319 e. The quantitative estimate of drug-likeness (QED) is 0.463. The van der Waals surface area contributed by atoms with E-state index in [1.54, 1.807) is 24.3 Å². The van der Waals surface area contributed by atoms with Crippen molar-refractivity contribution in [2.75, 3.05) is 11.0 Å². The summed E-state index contributed by atoms with van der Waals surface area (Å²) in [7, 11) is -3.44. The lowest BCUT2D eigenvalue weighted by molar-refractivity contribution is -0.137. The number of rotatable bonds is 5. The number of imidazole rings is 1. The van der Waals surface area contributed by atoms with Gasteiger partial charge >= 0.3 is 6.18 Å². The first-order valence-corrected chi connectivity index (χ1v) is 11.2. The number of anilines is 1.